The van der Waals surface area contributed by atoms with Crippen LogP contribution in [0.5, 0.6) is 0 Å². The minimum Gasteiger partial charge on any atom is -0.481 e. The van der Waals surface area contributed by atoms with Gasteiger partial charge in [-0.1, -0.05) is 13.8 Å². The summed E-state index contributed by atoms with van der Waals surface area (Å²) >= 11 is 1.25. The maximum Gasteiger partial charge on any atom is 0.311 e. The van der Waals surface area contributed by atoms with Crippen LogP contribution in [0.2, 0.25) is 0 Å². The van der Waals surface area contributed by atoms with Gasteiger partial charge in [0.2, 0.25) is 0 Å². The van der Waals surface area contributed by atoms with E-state index in [1.807, 2.05) is 0 Å². The molecule has 0 fully saturated rings. The van der Waals surface area contributed by atoms with Crippen LogP contribution in [0.15, 0.2) is 17.8 Å². The Morgan fingerprint density at radius 1 is 1.41 bits per heavy atom. The first-order valence-electron chi connectivity index (χ1n) is 6.86. The first-order valence-corrected chi connectivity index (χ1v) is 7.74. The van der Waals surface area contributed by atoms with E-state index in [0.717, 1.165) is 0 Å². The quantitative estimate of drug-likeness (QED) is 0.795. The fraction of sp³-hybridized carbons (Fsp3) is 0.462. The van der Waals surface area contributed by atoms with Crippen molar-refractivity contribution in [1.82, 2.24) is 25.5 Å². The molecule has 0 aliphatic heterocycles. The molecule has 118 valence electrons. The summed E-state index contributed by atoms with van der Waals surface area (Å²) in [5.41, 5.74) is -0.372. The minimum absolute atomic E-state index is 0.0844. The molecule has 0 unspecified atom stereocenters. The molecule has 0 atom stereocenters. The molecule has 0 spiro atoms. The number of nitrogens with one attached hydrogen (secondary N) is 1. The molecule has 2 rings (SSSR count). The first-order chi connectivity index (χ1) is 10.5. The Balaban J connectivity index is 2.14. The van der Waals surface area contributed by atoms with Gasteiger partial charge in [-0.2, -0.15) is 4.68 Å². The van der Waals surface area contributed by atoms with Crippen molar-refractivity contribution in [3.05, 3.63) is 22.7 Å². The highest BCUT2D eigenvalue weighted by molar-refractivity contribution is 7.12. The number of rotatable bonds is 7. The summed E-state index contributed by atoms with van der Waals surface area (Å²) in [5, 5.41) is 24.7. The molecule has 2 N–H and O–H groups in total. The summed E-state index contributed by atoms with van der Waals surface area (Å²) < 4.78 is 1.40. The van der Waals surface area contributed by atoms with Gasteiger partial charge in [0, 0.05) is 6.54 Å². The van der Waals surface area contributed by atoms with Crippen molar-refractivity contribution < 1.29 is 14.7 Å². The van der Waals surface area contributed by atoms with Crippen molar-refractivity contribution in [2.45, 2.75) is 26.7 Å². The number of amides is 1. The SMILES string of the molecule is CCC(CC)(CNC(=O)c1sccc1-n1cnnn1)C(=O)O. The maximum atomic E-state index is 12.3. The second-order valence-electron chi connectivity index (χ2n) is 4.86. The Hall–Kier alpha value is -2.29. The molecule has 0 radical (unpaired) electrons. The number of carboxylic acid groups (broad SMARTS) is 1. The van der Waals surface area contributed by atoms with Crippen molar-refractivity contribution in [3.63, 3.8) is 0 Å². The number of carbonyl (C=O) groups is 2. The predicted molar refractivity (Wildman–Crippen MR) is 80.0 cm³/mol. The van der Waals surface area contributed by atoms with E-state index in [9.17, 15) is 14.7 Å². The van der Waals surface area contributed by atoms with Gasteiger partial charge in [-0.3, -0.25) is 9.59 Å². The van der Waals surface area contributed by atoms with Crippen LogP contribution in [0, 0.1) is 5.41 Å². The van der Waals surface area contributed by atoms with Gasteiger partial charge >= 0.3 is 5.97 Å². The van der Waals surface area contributed by atoms with Gasteiger partial charge in [0.05, 0.1) is 11.1 Å². The average molecular weight is 323 g/mol. The molecule has 8 nitrogen and oxygen atoms in total. The second-order valence-corrected chi connectivity index (χ2v) is 5.78. The normalized spacial score (nSPS) is 11.4. The number of hydrogen-bond donors (Lipinski definition) is 2. The van der Waals surface area contributed by atoms with E-state index in [0.29, 0.717) is 23.4 Å². The summed E-state index contributed by atoms with van der Waals surface area (Å²) in [6, 6.07) is 1.74. The number of aliphatic carboxylic acids is 1. The van der Waals surface area contributed by atoms with E-state index >= 15 is 0 Å². The monoisotopic (exact) mass is 323 g/mol. The first kappa shape index (κ1) is 16.1. The molecular formula is C13H17N5O3S. The van der Waals surface area contributed by atoms with E-state index in [4.69, 9.17) is 0 Å². The third-order valence-corrected chi connectivity index (χ3v) is 4.74. The zero-order valence-electron chi connectivity index (χ0n) is 12.3. The zero-order valence-corrected chi connectivity index (χ0v) is 13.1. The number of aromatic nitrogens is 4. The third kappa shape index (κ3) is 2.98. The van der Waals surface area contributed by atoms with Gasteiger partial charge in [0.15, 0.2) is 0 Å². The Kier molecular flexibility index (Phi) is 4.86. The van der Waals surface area contributed by atoms with Crippen LogP contribution in [0.1, 0.15) is 36.4 Å². The van der Waals surface area contributed by atoms with Crippen LogP contribution in [0.25, 0.3) is 5.69 Å². The van der Waals surface area contributed by atoms with Gasteiger partial charge < -0.3 is 10.4 Å². The third-order valence-electron chi connectivity index (χ3n) is 3.84. The lowest BCUT2D eigenvalue weighted by atomic mass is 9.82. The standard InChI is InChI=1S/C13H17N5O3S/c1-3-13(4-2,12(20)21)7-14-11(19)10-9(5-6-22-10)18-8-15-16-17-18/h5-6,8H,3-4,7H2,1-2H3,(H,14,19)(H,20,21). The number of thiophene rings is 1. The molecule has 2 aromatic heterocycles. The summed E-state index contributed by atoms with van der Waals surface area (Å²) in [6.07, 6.45) is 2.30. The topological polar surface area (TPSA) is 110 Å². The van der Waals surface area contributed by atoms with Crippen LogP contribution in [-0.2, 0) is 4.79 Å². The molecule has 0 aliphatic rings. The van der Waals surface area contributed by atoms with Crippen molar-refractivity contribution in [3.8, 4) is 5.69 Å². The summed E-state index contributed by atoms with van der Waals surface area (Å²) in [6.45, 7) is 3.70. The van der Waals surface area contributed by atoms with E-state index in [1.54, 1.807) is 25.3 Å². The van der Waals surface area contributed by atoms with Gasteiger partial charge in [-0.05, 0) is 34.7 Å². The number of carbonyl (C=O) groups excluding carboxylic acids is 1. The van der Waals surface area contributed by atoms with Crippen molar-refractivity contribution in [1.29, 1.82) is 0 Å². The number of nitrogens with zero attached hydrogens (tertiary/aromatic N) is 4. The fourth-order valence-corrected chi connectivity index (χ4v) is 2.93. The second kappa shape index (κ2) is 6.65. The Morgan fingerprint density at radius 3 is 2.68 bits per heavy atom. The Morgan fingerprint density at radius 2 is 2.14 bits per heavy atom. The van der Waals surface area contributed by atoms with Crippen molar-refractivity contribution in [2.24, 2.45) is 5.41 Å². The van der Waals surface area contributed by atoms with Crippen LogP contribution in [0.4, 0.5) is 0 Å². The largest absolute Gasteiger partial charge is 0.481 e. The van der Waals surface area contributed by atoms with E-state index in [-0.39, 0.29) is 12.5 Å². The van der Waals surface area contributed by atoms with Gasteiger partial charge in [-0.25, -0.2) is 0 Å². The van der Waals surface area contributed by atoms with Gasteiger partial charge in [-0.15, -0.1) is 16.4 Å². The average Bonchev–Trinajstić information content (AvgIpc) is 3.18. The molecule has 0 saturated heterocycles. The molecule has 9 heteroatoms. The van der Waals surface area contributed by atoms with E-state index in [1.165, 1.54) is 22.3 Å². The van der Waals surface area contributed by atoms with Crippen LogP contribution in [0.3, 0.4) is 0 Å². The summed E-state index contributed by atoms with van der Waals surface area (Å²) in [5.74, 6) is -1.22. The highest BCUT2D eigenvalue weighted by Gasteiger charge is 2.35. The van der Waals surface area contributed by atoms with Crippen LogP contribution in [-0.4, -0.2) is 43.7 Å². The van der Waals surface area contributed by atoms with Crippen LogP contribution < -0.4 is 5.32 Å². The van der Waals surface area contributed by atoms with Gasteiger partial charge in [0.25, 0.3) is 5.91 Å². The number of tetrazole rings is 1. The lowest BCUT2D eigenvalue weighted by molar-refractivity contribution is -0.149. The molecule has 2 heterocycles. The molecule has 2 aromatic rings. The Bertz CT molecular complexity index is 648. The molecule has 1 amide bonds. The summed E-state index contributed by atoms with van der Waals surface area (Å²) in [4.78, 5) is 24.2. The van der Waals surface area contributed by atoms with Gasteiger partial charge in [0.1, 0.15) is 11.2 Å². The fourth-order valence-electron chi connectivity index (χ4n) is 2.13. The lowest BCUT2D eigenvalue weighted by Crippen LogP contribution is -2.42. The number of hydrogen-bond acceptors (Lipinski definition) is 6. The molecular weight excluding hydrogens is 306 g/mol. The maximum absolute atomic E-state index is 12.3. The smallest absolute Gasteiger partial charge is 0.311 e. The molecule has 0 aliphatic carbocycles. The van der Waals surface area contributed by atoms with E-state index < -0.39 is 11.4 Å². The van der Waals surface area contributed by atoms with E-state index in [2.05, 4.69) is 20.8 Å². The highest BCUT2D eigenvalue weighted by Crippen LogP contribution is 2.26. The summed E-state index contributed by atoms with van der Waals surface area (Å²) in [7, 11) is 0. The van der Waals surface area contributed by atoms with Crippen molar-refractivity contribution in [2.75, 3.05) is 6.54 Å². The highest BCUT2D eigenvalue weighted by atomic mass is 32.1. The molecule has 22 heavy (non-hydrogen) atoms. The zero-order chi connectivity index (χ0) is 16.2. The van der Waals surface area contributed by atoms with Crippen molar-refractivity contribution >= 4 is 23.2 Å². The molecule has 0 bridgehead atoms. The van der Waals surface area contributed by atoms with Crippen LogP contribution >= 0.6 is 11.3 Å². The molecule has 0 aromatic carbocycles. The lowest BCUT2D eigenvalue weighted by Gasteiger charge is -2.26. The number of carboxylic acids is 1. The Labute approximate surface area is 131 Å². The molecule has 0 saturated carbocycles. The minimum atomic E-state index is -0.943. The predicted octanol–water partition coefficient (Wildman–Crippen LogP) is 1.34.